The number of allylic oxidation sites excluding steroid dienone is 2. The fourth-order valence-corrected chi connectivity index (χ4v) is 12.1. The van der Waals surface area contributed by atoms with Crippen LogP contribution >= 0.6 is 0 Å². The fraction of sp³-hybridized carbons (Fsp3) is 0.775. The van der Waals surface area contributed by atoms with Crippen molar-refractivity contribution in [3.05, 3.63) is 71.8 Å². The van der Waals surface area contributed by atoms with Crippen LogP contribution in [0.4, 0.5) is 11.4 Å². The number of nitrogens with zero attached hydrogens (tertiary/aromatic N) is 2. The average molecular weight is 1240 g/mol. The summed E-state index contributed by atoms with van der Waals surface area (Å²) in [6.45, 7) is 9.22. The van der Waals surface area contributed by atoms with E-state index in [0.29, 0.717) is 0 Å². The summed E-state index contributed by atoms with van der Waals surface area (Å²) in [5, 5.41) is 0. The third kappa shape index (κ3) is 52.7. The van der Waals surface area contributed by atoms with Gasteiger partial charge in [0.05, 0.1) is 22.8 Å². The van der Waals surface area contributed by atoms with Crippen LogP contribution in [0.5, 0.6) is 0 Å². The molecule has 0 atom stereocenters. The third-order valence-electron chi connectivity index (χ3n) is 17.8. The van der Waals surface area contributed by atoms with Crippen LogP contribution in [0.3, 0.4) is 0 Å². The molecule has 480 valence electrons. The normalized spacial score (nSPS) is 12.2. The van der Waals surface area contributed by atoms with Gasteiger partial charge >= 0.3 is 0 Å². The quantitative estimate of drug-likeness (QED) is 0.0358. The Kier molecular flexibility index (Phi) is 61.2. The molecular weight excluding hydrogens is 1100 g/mol. The van der Waals surface area contributed by atoms with Crippen LogP contribution in [-0.2, 0) is 20.4 Å². The summed E-state index contributed by atoms with van der Waals surface area (Å²) < 4.78 is 0. The molecule has 0 saturated heterocycles. The molecule has 0 bridgehead atoms. The van der Waals surface area contributed by atoms with E-state index in [1.165, 1.54) is 369 Å². The van der Waals surface area contributed by atoms with Gasteiger partial charge in [0, 0.05) is 20.4 Å². The Bertz CT molecular complexity index is 1720. The van der Waals surface area contributed by atoms with Crippen molar-refractivity contribution in [2.45, 2.75) is 400 Å². The molecule has 0 spiro atoms. The molecule has 2 aromatic carbocycles. The molecule has 3 heteroatoms. The number of hydrogen-bond donors (Lipinski definition) is 0. The van der Waals surface area contributed by atoms with E-state index in [-0.39, 0.29) is 20.4 Å². The van der Waals surface area contributed by atoms with E-state index in [1.54, 1.807) is 0 Å². The predicted molar refractivity (Wildman–Crippen MR) is 376 cm³/mol. The summed E-state index contributed by atoms with van der Waals surface area (Å²) in [6.07, 6.45) is 90.1. The second-order valence-electron chi connectivity index (χ2n) is 25.9. The summed E-state index contributed by atoms with van der Waals surface area (Å²) >= 11 is 0. The summed E-state index contributed by atoms with van der Waals surface area (Å²) in [7, 11) is 0. The maximum atomic E-state index is 5.37. The monoisotopic (exact) mass is 1240 g/mol. The largest absolute Gasteiger partial charge is 0.252 e. The van der Waals surface area contributed by atoms with Crippen molar-refractivity contribution in [2.24, 2.45) is 9.98 Å². The van der Waals surface area contributed by atoms with Crippen molar-refractivity contribution >= 4 is 35.0 Å². The molecule has 0 amide bonds. The zero-order chi connectivity index (χ0) is 58.4. The second kappa shape index (κ2) is 64.4. The predicted octanol–water partition coefficient (Wildman–Crippen LogP) is 29.3. The number of rotatable bonds is 63. The number of hydrogen-bond acceptors (Lipinski definition) is 2. The van der Waals surface area contributed by atoms with Gasteiger partial charge in [0.25, 0.3) is 0 Å². The summed E-state index contributed by atoms with van der Waals surface area (Å²) in [6, 6.07) is 17.9. The molecule has 0 aliphatic carbocycles. The molecule has 0 radical (unpaired) electrons. The molecule has 2 aromatic rings. The van der Waals surface area contributed by atoms with Crippen LogP contribution in [-0.4, -0.2) is 11.4 Å². The first-order valence-electron chi connectivity index (χ1n) is 37.4. The van der Waals surface area contributed by atoms with Gasteiger partial charge in [0.2, 0.25) is 0 Å². The maximum absolute atomic E-state index is 5.37. The minimum absolute atomic E-state index is 0. The Balaban J connectivity index is 0.0000344. The minimum Gasteiger partial charge on any atom is -0.252 e. The molecule has 2 rings (SSSR count). The fourth-order valence-electron chi connectivity index (χ4n) is 12.1. The van der Waals surface area contributed by atoms with E-state index in [1.807, 2.05) is 0 Å². The van der Waals surface area contributed by atoms with Gasteiger partial charge in [0.15, 0.2) is 0 Å². The molecular formula is C80H140N2Pd. The van der Waals surface area contributed by atoms with Crippen molar-refractivity contribution in [1.29, 1.82) is 0 Å². The van der Waals surface area contributed by atoms with Gasteiger partial charge in [-0.25, -0.2) is 0 Å². The standard InChI is InChI=1S/C80H140N2.Pd/c1-5-9-13-16-19-21-23-25-27-29-31-33-35-36-37-38-39-40-42-44-46-48-49-51-53-55-57-60-63-75-67-71-77(72-68-75)81-79(65-12-8-4)80(66-62-59-18-15-11-7-3)82-78-73-69-76(70-74-78)64-61-58-56-54-52-50-47-45-43-41-34-32-30-28-26-24-22-20-17-14-10-6-2;/h60-61,63-64,67-74H,5-59,62,65-66H2,1-4H3;. The number of unbranched alkanes of at least 4 members (excludes halogenated alkanes) is 52. The zero-order valence-electron chi connectivity index (χ0n) is 56.2. The van der Waals surface area contributed by atoms with Gasteiger partial charge in [-0.1, -0.05) is 397 Å². The Labute approximate surface area is 533 Å². The molecule has 83 heavy (non-hydrogen) atoms. The van der Waals surface area contributed by atoms with Crippen molar-refractivity contribution in [3.8, 4) is 0 Å². The van der Waals surface area contributed by atoms with Crippen molar-refractivity contribution in [3.63, 3.8) is 0 Å². The van der Waals surface area contributed by atoms with Gasteiger partial charge in [-0.2, -0.15) is 0 Å². The van der Waals surface area contributed by atoms with Gasteiger partial charge < -0.3 is 0 Å². The topological polar surface area (TPSA) is 24.7 Å². The van der Waals surface area contributed by atoms with Crippen molar-refractivity contribution in [1.82, 2.24) is 0 Å². The van der Waals surface area contributed by atoms with Crippen LogP contribution in [0.2, 0.25) is 0 Å². The summed E-state index contributed by atoms with van der Waals surface area (Å²) in [4.78, 5) is 10.7. The Hall–Kier alpha value is -2.08. The first-order valence-corrected chi connectivity index (χ1v) is 37.4. The summed E-state index contributed by atoms with van der Waals surface area (Å²) in [5.74, 6) is 0. The van der Waals surface area contributed by atoms with E-state index < -0.39 is 0 Å². The smallest absolute Gasteiger partial charge is 0.0634 e. The third-order valence-corrected chi connectivity index (χ3v) is 17.8. The molecule has 0 fully saturated rings. The number of benzene rings is 2. The van der Waals surface area contributed by atoms with Crippen LogP contribution in [0, 0.1) is 0 Å². The van der Waals surface area contributed by atoms with Crippen molar-refractivity contribution in [2.75, 3.05) is 0 Å². The van der Waals surface area contributed by atoms with E-state index in [9.17, 15) is 0 Å². The van der Waals surface area contributed by atoms with E-state index in [2.05, 4.69) is 101 Å². The van der Waals surface area contributed by atoms with Gasteiger partial charge in [0.1, 0.15) is 0 Å². The Morgan fingerprint density at radius 2 is 0.434 bits per heavy atom. The molecule has 0 N–H and O–H groups in total. The molecule has 0 aliphatic heterocycles. The second-order valence-corrected chi connectivity index (χ2v) is 25.9. The van der Waals surface area contributed by atoms with E-state index in [0.717, 1.165) is 37.1 Å². The first kappa shape index (κ1) is 78.9. The minimum atomic E-state index is 0. The average Bonchev–Trinajstić information content (AvgIpc) is 3.51. The SMILES string of the molecule is CCCCCCCCCCCCCCCCCCCCCCC=Cc1ccc(N=C(CCCCCCCC)C(CCCC)=Nc2ccc(C=CCCCCCCCCCCCCCCCCCCCCCCCCCCCC)cc2)cc1.[Pd]. The maximum Gasteiger partial charge on any atom is 0.0634 e. The first-order chi connectivity index (χ1) is 40.7. The molecule has 0 aromatic heterocycles. The van der Waals surface area contributed by atoms with Crippen LogP contribution in [0.15, 0.2) is 70.7 Å². The Morgan fingerprint density at radius 3 is 0.663 bits per heavy atom. The van der Waals surface area contributed by atoms with Gasteiger partial charge in [-0.3, -0.25) is 9.98 Å². The van der Waals surface area contributed by atoms with E-state index >= 15 is 0 Å². The van der Waals surface area contributed by atoms with Gasteiger partial charge in [-0.05, 0) is 86.8 Å². The molecule has 0 saturated carbocycles. The van der Waals surface area contributed by atoms with Crippen LogP contribution in [0.25, 0.3) is 12.2 Å². The van der Waals surface area contributed by atoms with Gasteiger partial charge in [-0.15, -0.1) is 0 Å². The zero-order valence-corrected chi connectivity index (χ0v) is 57.7. The van der Waals surface area contributed by atoms with E-state index in [4.69, 9.17) is 9.98 Å². The molecule has 0 heterocycles. The molecule has 2 nitrogen and oxygen atoms in total. The van der Waals surface area contributed by atoms with Crippen LogP contribution in [0.1, 0.15) is 411 Å². The van der Waals surface area contributed by atoms with Crippen LogP contribution < -0.4 is 0 Å². The Morgan fingerprint density at radius 1 is 0.241 bits per heavy atom. The molecule has 0 aliphatic rings. The number of aliphatic imine (C=N–C) groups is 2. The van der Waals surface area contributed by atoms with Crippen molar-refractivity contribution < 1.29 is 20.4 Å². The molecule has 0 unspecified atom stereocenters. The summed E-state index contributed by atoms with van der Waals surface area (Å²) in [5.41, 5.74) is 7.03.